The van der Waals surface area contributed by atoms with E-state index in [0.29, 0.717) is 12.1 Å². The Kier molecular flexibility index (Phi) is 7.69. The zero-order chi connectivity index (χ0) is 19.9. The van der Waals surface area contributed by atoms with Crippen molar-refractivity contribution in [3.8, 4) is 0 Å². The molecule has 6 heteroatoms. The van der Waals surface area contributed by atoms with Crippen molar-refractivity contribution < 1.29 is 36.4 Å². The van der Waals surface area contributed by atoms with Gasteiger partial charge in [0.25, 0.3) is 0 Å². The molecule has 0 bridgehead atoms. The zero-order valence-electron chi connectivity index (χ0n) is 15.8. The van der Waals surface area contributed by atoms with Gasteiger partial charge >= 0.3 is 11.9 Å². The first-order chi connectivity index (χ1) is 13.6. The summed E-state index contributed by atoms with van der Waals surface area (Å²) in [5.41, 5.74) is 3.77. The van der Waals surface area contributed by atoms with Crippen LogP contribution in [-0.4, -0.2) is 24.2 Å². The molecule has 1 heterocycles. The normalized spacial score (nSPS) is 10.4. The molecule has 2 aromatic carbocycles. The number of halogens is 1. The Morgan fingerprint density at radius 1 is 0.931 bits per heavy atom. The number of carboxylic acids is 1. The SMILES string of the molecule is COC(=O)c1ccc(/C=C/c2cccc[n+]2Cc2ccc(C(=O)O)cc2)cc1.[Cl-]. The van der Waals surface area contributed by atoms with Crippen molar-refractivity contribution in [2.75, 3.05) is 7.11 Å². The molecular formula is C23H20ClNO4. The van der Waals surface area contributed by atoms with Crippen molar-refractivity contribution in [3.05, 3.63) is 101 Å². The Balaban J connectivity index is 0.00000300. The van der Waals surface area contributed by atoms with E-state index in [1.54, 1.807) is 24.3 Å². The summed E-state index contributed by atoms with van der Waals surface area (Å²) in [5, 5.41) is 9.01. The van der Waals surface area contributed by atoms with Crippen LogP contribution in [0.4, 0.5) is 0 Å². The van der Waals surface area contributed by atoms with Gasteiger partial charge in [0, 0.05) is 23.8 Å². The van der Waals surface area contributed by atoms with Crippen molar-refractivity contribution in [3.63, 3.8) is 0 Å². The van der Waals surface area contributed by atoms with Gasteiger partial charge in [-0.15, -0.1) is 0 Å². The number of nitrogens with zero attached hydrogens (tertiary/aromatic N) is 1. The first-order valence-corrected chi connectivity index (χ1v) is 8.74. The number of methoxy groups -OCH3 is 1. The Bertz CT molecular complexity index is 1010. The maximum atomic E-state index is 11.5. The minimum atomic E-state index is -0.930. The molecule has 1 aromatic heterocycles. The summed E-state index contributed by atoms with van der Waals surface area (Å²) in [6.07, 6.45) is 5.95. The molecule has 0 saturated carbocycles. The van der Waals surface area contributed by atoms with Crippen LogP contribution in [0.15, 0.2) is 72.9 Å². The fourth-order valence-electron chi connectivity index (χ4n) is 2.76. The van der Waals surface area contributed by atoms with Gasteiger partial charge in [-0.2, -0.15) is 4.57 Å². The summed E-state index contributed by atoms with van der Waals surface area (Å²) in [6.45, 7) is 0.627. The van der Waals surface area contributed by atoms with Gasteiger partial charge in [0.05, 0.1) is 18.2 Å². The summed E-state index contributed by atoms with van der Waals surface area (Å²) >= 11 is 0. The van der Waals surface area contributed by atoms with Crippen LogP contribution in [0.5, 0.6) is 0 Å². The highest BCUT2D eigenvalue weighted by Gasteiger charge is 2.09. The molecule has 5 nitrogen and oxygen atoms in total. The van der Waals surface area contributed by atoms with E-state index < -0.39 is 5.97 Å². The van der Waals surface area contributed by atoms with E-state index >= 15 is 0 Å². The van der Waals surface area contributed by atoms with Gasteiger partial charge in [-0.3, -0.25) is 0 Å². The summed E-state index contributed by atoms with van der Waals surface area (Å²) in [6, 6.07) is 20.0. The number of benzene rings is 2. The first-order valence-electron chi connectivity index (χ1n) is 8.74. The van der Waals surface area contributed by atoms with Crippen LogP contribution in [-0.2, 0) is 11.3 Å². The molecule has 0 radical (unpaired) electrons. The number of pyridine rings is 1. The summed E-state index contributed by atoms with van der Waals surface area (Å²) in [5.74, 6) is -1.29. The molecule has 29 heavy (non-hydrogen) atoms. The average molecular weight is 410 g/mol. The molecule has 0 unspecified atom stereocenters. The Morgan fingerprint density at radius 3 is 2.21 bits per heavy atom. The number of aromatic nitrogens is 1. The molecule has 0 amide bonds. The largest absolute Gasteiger partial charge is 1.00 e. The van der Waals surface area contributed by atoms with Crippen molar-refractivity contribution in [1.29, 1.82) is 0 Å². The quantitative estimate of drug-likeness (QED) is 0.480. The van der Waals surface area contributed by atoms with Crippen LogP contribution < -0.4 is 17.0 Å². The third-order valence-electron chi connectivity index (χ3n) is 4.31. The smallest absolute Gasteiger partial charge is 0.337 e. The Morgan fingerprint density at radius 2 is 1.59 bits per heavy atom. The lowest BCUT2D eigenvalue weighted by atomic mass is 10.1. The van der Waals surface area contributed by atoms with E-state index in [4.69, 9.17) is 9.84 Å². The van der Waals surface area contributed by atoms with Crippen molar-refractivity contribution >= 4 is 24.1 Å². The lowest BCUT2D eigenvalue weighted by molar-refractivity contribution is -0.690. The van der Waals surface area contributed by atoms with Crippen LogP contribution in [0.1, 0.15) is 37.5 Å². The fourth-order valence-corrected chi connectivity index (χ4v) is 2.76. The highest BCUT2D eigenvalue weighted by molar-refractivity contribution is 5.89. The number of hydrogen-bond acceptors (Lipinski definition) is 3. The number of carbonyl (C=O) groups excluding carboxylic acids is 1. The predicted molar refractivity (Wildman–Crippen MR) is 106 cm³/mol. The number of aromatic carboxylic acids is 1. The summed E-state index contributed by atoms with van der Waals surface area (Å²) < 4.78 is 6.78. The minimum absolute atomic E-state index is 0. The van der Waals surface area contributed by atoms with Crippen LogP contribution in [0, 0.1) is 0 Å². The lowest BCUT2D eigenvalue weighted by Crippen LogP contribution is -3.00. The predicted octanol–water partition coefficient (Wildman–Crippen LogP) is 0.682. The highest BCUT2D eigenvalue weighted by atomic mass is 35.5. The number of esters is 1. The molecule has 0 fully saturated rings. The van der Waals surface area contributed by atoms with E-state index in [2.05, 4.69) is 4.57 Å². The van der Waals surface area contributed by atoms with Crippen molar-refractivity contribution in [2.24, 2.45) is 0 Å². The molecule has 0 saturated heterocycles. The monoisotopic (exact) mass is 409 g/mol. The van der Waals surface area contributed by atoms with Crippen LogP contribution >= 0.6 is 0 Å². The van der Waals surface area contributed by atoms with Gasteiger partial charge in [-0.05, 0) is 42.0 Å². The molecule has 0 spiro atoms. The second-order valence-electron chi connectivity index (χ2n) is 6.20. The van der Waals surface area contributed by atoms with Gasteiger partial charge in [0.1, 0.15) is 0 Å². The summed E-state index contributed by atoms with van der Waals surface area (Å²) in [4.78, 5) is 22.5. The molecule has 0 atom stereocenters. The van der Waals surface area contributed by atoms with Gasteiger partial charge in [0.2, 0.25) is 5.69 Å². The van der Waals surface area contributed by atoms with Crippen LogP contribution in [0.2, 0.25) is 0 Å². The molecular weight excluding hydrogens is 390 g/mol. The van der Waals surface area contributed by atoms with E-state index in [0.717, 1.165) is 16.8 Å². The maximum Gasteiger partial charge on any atom is 0.337 e. The van der Waals surface area contributed by atoms with E-state index in [1.165, 1.54) is 7.11 Å². The van der Waals surface area contributed by atoms with Gasteiger partial charge < -0.3 is 22.3 Å². The molecule has 3 rings (SSSR count). The van der Waals surface area contributed by atoms with Gasteiger partial charge in [-0.25, -0.2) is 9.59 Å². The molecule has 0 aliphatic rings. The molecule has 3 aromatic rings. The highest BCUT2D eigenvalue weighted by Crippen LogP contribution is 2.10. The third kappa shape index (κ3) is 5.77. The van der Waals surface area contributed by atoms with Crippen molar-refractivity contribution in [1.82, 2.24) is 0 Å². The zero-order valence-corrected chi connectivity index (χ0v) is 16.5. The molecule has 0 aliphatic carbocycles. The minimum Gasteiger partial charge on any atom is -1.00 e. The van der Waals surface area contributed by atoms with E-state index in [1.807, 2.05) is 60.8 Å². The molecule has 1 N–H and O–H groups in total. The summed E-state index contributed by atoms with van der Waals surface area (Å²) in [7, 11) is 1.36. The van der Waals surface area contributed by atoms with Gasteiger partial charge in [-0.1, -0.05) is 24.3 Å². The molecule has 0 aliphatic heterocycles. The third-order valence-corrected chi connectivity index (χ3v) is 4.31. The first kappa shape index (κ1) is 21.9. The van der Waals surface area contributed by atoms with Crippen LogP contribution in [0.3, 0.4) is 0 Å². The second-order valence-corrected chi connectivity index (χ2v) is 6.20. The number of carbonyl (C=O) groups is 2. The Labute approximate surface area is 175 Å². The molecule has 148 valence electrons. The van der Waals surface area contributed by atoms with E-state index in [9.17, 15) is 9.59 Å². The second kappa shape index (κ2) is 10.2. The number of carboxylic acid groups (broad SMARTS) is 1. The topological polar surface area (TPSA) is 67.5 Å². The van der Waals surface area contributed by atoms with Crippen LogP contribution in [0.25, 0.3) is 12.2 Å². The Hall–Kier alpha value is -3.44. The number of rotatable bonds is 6. The number of ether oxygens (including phenoxy) is 1. The van der Waals surface area contributed by atoms with E-state index in [-0.39, 0.29) is 23.9 Å². The average Bonchev–Trinajstić information content (AvgIpc) is 2.73. The van der Waals surface area contributed by atoms with Crippen molar-refractivity contribution in [2.45, 2.75) is 6.54 Å². The maximum absolute atomic E-state index is 11.5. The fraction of sp³-hybridized carbons (Fsp3) is 0.0870. The number of hydrogen-bond donors (Lipinski definition) is 1. The van der Waals surface area contributed by atoms with Gasteiger partial charge in [0.15, 0.2) is 12.7 Å². The standard InChI is InChI=1S/C23H19NO4.ClH/c1-28-23(27)20-12-5-17(6-13-20)9-14-21-4-2-3-15-24(21)16-18-7-10-19(11-8-18)22(25)26;/h2-15H,16H2,1H3;1H/b14-9+;. The lowest BCUT2D eigenvalue weighted by Gasteiger charge is -2.02.